The maximum Gasteiger partial charge on any atom is 0.239 e. The number of nitrogens with zero attached hydrogens (tertiary/aromatic N) is 2. The van der Waals surface area contributed by atoms with E-state index in [0.29, 0.717) is 13.2 Å². The monoisotopic (exact) mass is 330 g/mol. The number of rotatable bonds is 5. The molecule has 0 bridgehead atoms. The molecule has 24 heavy (non-hydrogen) atoms. The summed E-state index contributed by atoms with van der Waals surface area (Å²) < 4.78 is 5.35. The van der Waals surface area contributed by atoms with E-state index in [1.807, 2.05) is 4.90 Å². The van der Waals surface area contributed by atoms with Crippen molar-refractivity contribution in [2.45, 2.75) is 38.6 Å². The quantitative estimate of drug-likeness (QED) is 0.832. The van der Waals surface area contributed by atoms with E-state index < -0.39 is 0 Å². The molecule has 4 nitrogen and oxygen atoms in total. The van der Waals surface area contributed by atoms with Crippen molar-refractivity contribution in [3.8, 4) is 0 Å². The summed E-state index contributed by atoms with van der Waals surface area (Å²) in [4.78, 5) is 17.0. The van der Waals surface area contributed by atoms with Gasteiger partial charge in [-0.2, -0.15) is 0 Å². The zero-order chi connectivity index (χ0) is 16.8. The van der Waals surface area contributed by atoms with Crippen LogP contribution in [-0.4, -0.2) is 61.1 Å². The van der Waals surface area contributed by atoms with Crippen molar-refractivity contribution in [3.05, 3.63) is 35.9 Å². The molecule has 1 aromatic rings. The first-order valence-electron chi connectivity index (χ1n) is 9.38. The zero-order valence-corrected chi connectivity index (χ0v) is 14.8. The Morgan fingerprint density at radius 2 is 1.79 bits per heavy atom. The van der Waals surface area contributed by atoms with Gasteiger partial charge in [0.1, 0.15) is 0 Å². The van der Waals surface area contributed by atoms with Crippen LogP contribution in [0.25, 0.3) is 0 Å². The summed E-state index contributed by atoms with van der Waals surface area (Å²) in [7, 11) is 0. The Morgan fingerprint density at radius 1 is 1.12 bits per heavy atom. The smallest absolute Gasteiger partial charge is 0.239 e. The lowest BCUT2D eigenvalue weighted by atomic mass is 9.90. The van der Waals surface area contributed by atoms with Crippen molar-refractivity contribution in [1.82, 2.24) is 9.80 Å². The first kappa shape index (κ1) is 17.4. The van der Waals surface area contributed by atoms with Gasteiger partial charge in [0.15, 0.2) is 0 Å². The second-order valence-electron chi connectivity index (χ2n) is 7.12. The lowest BCUT2D eigenvalue weighted by molar-refractivity contribution is -0.141. The summed E-state index contributed by atoms with van der Waals surface area (Å²) in [6, 6.07) is 10.8. The number of benzene rings is 1. The van der Waals surface area contributed by atoms with Gasteiger partial charge >= 0.3 is 0 Å². The van der Waals surface area contributed by atoms with E-state index in [0.717, 1.165) is 32.1 Å². The highest BCUT2D eigenvalue weighted by Crippen LogP contribution is 2.24. The Bertz CT molecular complexity index is 506. The highest BCUT2D eigenvalue weighted by molar-refractivity contribution is 5.81. The van der Waals surface area contributed by atoms with E-state index >= 15 is 0 Å². The topological polar surface area (TPSA) is 32.8 Å². The predicted molar refractivity (Wildman–Crippen MR) is 95.9 cm³/mol. The Balaban J connectivity index is 1.41. The number of carbonyl (C=O) groups is 1. The minimum atomic E-state index is 0.0122. The van der Waals surface area contributed by atoms with E-state index in [2.05, 4.69) is 42.2 Å². The van der Waals surface area contributed by atoms with Crippen molar-refractivity contribution in [2.75, 3.05) is 39.4 Å². The molecule has 1 amide bonds. The van der Waals surface area contributed by atoms with Gasteiger partial charge in [-0.05, 0) is 57.2 Å². The summed E-state index contributed by atoms with van der Waals surface area (Å²) in [5.74, 6) is 1.08. The number of ether oxygens (including phenoxy) is 1. The standard InChI is InChI=1S/C20H30N2O2/c1-17(20(23)22-13-15-24-16-14-22)21-11-9-19(10-12-21)8-7-18-5-3-2-4-6-18/h2-6,17,19H,7-16H2,1H3/t17-/m0/s1. The first-order valence-corrected chi connectivity index (χ1v) is 9.38. The van der Waals surface area contributed by atoms with Gasteiger partial charge in [-0.15, -0.1) is 0 Å². The second kappa shape index (κ2) is 8.63. The van der Waals surface area contributed by atoms with Crippen LogP contribution in [0.3, 0.4) is 0 Å². The third-order valence-electron chi connectivity index (χ3n) is 5.56. The number of hydrogen-bond acceptors (Lipinski definition) is 3. The SMILES string of the molecule is C[C@@H](C(=O)N1CCOCC1)N1CCC(CCc2ccccc2)CC1. The van der Waals surface area contributed by atoms with Crippen LogP contribution < -0.4 is 0 Å². The van der Waals surface area contributed by atoms with Crippen LogP contribution in [0.15, 0.2) is 30.3 Å². The predicted octanol–water partition coefficient (Wildman–Crippen LogP) is 2.58. The van der Waals surface area contributed by atoms with E-state index in [4.69, 9.17) is 4.74 Å². The summed E-state index contributed by atoms with van der Waals surface area (Å²) in [6.07, 6.45) is 4.87. The second-order valence-corrected chi connectivity index (χ2v) is 7.12. The zero-order valence-electron chi connectivity index (χ0n) is 14.8. The number of morpholine rings is 1. The minimum Gasteiger partial charge on any atom is -0.378 e. The molecule has 1 aromatic carbocycles. The Hall–Kier alpha value is -1.39. The number of amides is 1. The molecule has 132 valence electrons. The Labute approximate surface area is 145 Å². The average Bonchev–Trinajstić information content (AvgIpc) is 2.67. The number of likely N-dealkylation sites (tertiary alicyclic amines) is 1. The molecule has 1 atom stereocenters. The fraction of sp³-hybridized carbons (Fsp3) is 0.650. The molecule has 2 heterocycles. The third-order valence-corrected chi connectivity index (χ3v) is 5.56. The van der Waals surface area contributed by atoms with Gasteiger partial charge in [0.25, 0.3) is 0 Å². The van der Waals surface area contributed by atoms with Crippen molar-refractivity contribution < 1.29 is 9.53 Å². The lowest BCUT2D eigenvalue weighted by Gasteiger charge is -2.38. The van der Waals surface area contributed by atoms with Crippen molar-refractivity contribution in [3.63, 3.8) is 0 Å². The van der Waals surface area contributed by atoms with Gasteiger partial charge in [-0.25, -0.2) is 0 Å². The van der Waals surface area contributed by atoms with Crippen molar-refractivity contribution in [2.24, 2.45) is 5.92 Å². The van der Waals surface area contributed by atoms with E-state index in [1.54, 1.807) is 0 Å². The van der Waals surface area contributed by atoms with Gasteiger partial charge in [0.05, 0.1) is 19.3 Å². The fourth-order valence-electron chi connectivity index (χ4n) is 3.85. The molecule has 2 aliphatic rings. The average molecular weight is 330 g/mol. The molecule has 4 heteroatoms. The Morgan fingerprint density at radius 3 is 2.46 bits per heavy atom. The minimum absolute atomic E-state index is 0.0122. The number of aryl methyl sites for hydroxylation is 1. The molecule has 0 unspecified atom stereocenters. The molecule has 2 saturated heterocycles. The third kappa shape index (κ3) is 4.58. The summed E-state index contributed by atoms with van der Waals surface area (Å²) in [5, 5.41) is 0. The number of carbonyl (C=O) groups excluding carboxylic acids is 1. The molecule has 0 saturated carbocycles. The molecular formula is C20H30N2O2. The van der Waals surface area contributed by atoms with E-state index in [1.165, 1.54) is 31.2 Å². The highest BCUT2D eigenvalue weighted by atomic mass is 16.5. The van der Waals surface area contributed by atoms with Crippen molar-refractivity contribution >= 4 is 5.91 Å². The first-order chi connectivity index (χ1) is 11.7. The molecule has 0 N–H and O–H groups in total. The number of piperidine rings is 1. The highest BCUT2D eigenvalue weighted by Gasteiger charge is 2.29. The van der Waals surface area contributed by atoms with Crippen LogP contribution in [0.1, 0.15) is 31.7 Å². The maximum atomic E-state index is 12.6. The van der Waals surface area contributed by atoms with Crippen LogP contribution in [0.5, 0.6) is 0 Å². The van der Waals surface area contributed by atoms with Crippen LogP contribution in [0, 0.1) is 5.92 Å². The van der Waals surface area contributed by atoms with Crippen LogP contribution in [0.4, 0.5) is 0 Å². The fourth-order valence-corrected chi connectivity index (χ4v) is 3.85. The molecule has 2 fully saturated rings. The lowest BCUT2D eigenvalue weighted by Crippen LogP contribution is -2.52. The molecule has 0 radical (unpaired) electrons. The van der Waals surface area contributed by atoms with Crippen molar-refractivity contribution in [1.29, 1.82) is 0 Å². The van der Waals surface area contributed by atoms with Gasteiger partial charge in [0, 0.05) is 13.1 Å². The summed E-state index contributed by atoms with van der Waals surface area (Å²) in [5.41, 5.74) is 1.44. The molecular weight excluding hydrogens is 300 g/mol. The Kier molecular flexibility index (Phi) is 6.27. The normalized spacial score (nSPS) is 21.6. The molecule has 0 aromatic heterocycles. The van der Waals surface area contributed by atoms with Crippen LogP contribution in [-0.2, 0) is 16.0 Å². The number of hydrogen-bond donors (Lipinski definition) is 0. The molecule has 2 aliphatic heterocycles. The largest absolute Gasteiger partial charge is 0.378 e. The van der Waals surface area contributed by atoms with Gasteiger partial charge < -0.3 is 9.64 Å². The molecule has 0 aliphatic carbocycles. The van der Waals surface area contributed by atoms with Crippen LogP contribution in [0.2, 0.25) is 0 Å². The molecule has 0 spiro atoms. The van der Waals surface area contributed by atoms with E-state index in [9.17, 15) is 4.79 Å². The maximum absolute atomic E-state index is 12.6. The summed E-state index contributed by atoms with van der Waals surface area (Å²) in [6.45, 7) is 7.03. The van der Waals surface area contributed by atoms with Gasteiger partial charge in [0.2, 0.25) is 5.91 Å². The van der Waals surface area contributed by atoms with Gasteiger partial charge in [-0.3, -0.25) is 9.69 Å². The van der Waals surface area contributed by atoms with Gasteiger partial charge in [-0.1, -0.05) is 30.3 Å². The molecule has 3 rings (SSSR count). The van der Waals surface area contributed by atoms with E-state index in [-0.39, 0.29) is 11.9 Å². The summed E-state index contributed by atoms with van der Waals surface area (Å²) >= 11 is 0. The van der Waals surface area contributed by atoms with Crippen LogP contribution >= 0.6 is 0 Å².